The summed E-state index contributed by atoms with van der Waals surface area (Å²) in [6, 6.07) is 5.32. The summed E-state index contributed by atoms with van der Waals surface area (Å²) < 4.78 is 1.63. The lowest BCUT2D eigenvalue weighted by molar-refractivity contribution is 0.0779. The third kappa shape index (κ3) is 3.31. The molecule has 1 amide bonds. The van der Waals surface area contributed by atoms with E-state index in [1.165, 1.54) is 4.90 Å². The summed E-state index contributed by atoms with van der Waals surface area (Å²) in [5, 5.41) is 5.08. The van der Waals surface area contributed by atoms with Crippen molar-refractivity contribution in [2.75, 3.05) is 12.8 Å². The molecular formula is C14H16Cl2N4O. The number of halogens is 2. The number of hydrogen-bond acceptors (Lipinski definition) is 3. The van der Waals surface area contributed by atoms with E-state index in [0.29, 0.717) is 28.8 Å². The Hall–Kier alpha value is -1.72. The van der Waals surface area contributed by atoms with Crippen LogP contribution in [0.3, 0.4) is 0 Å². The molecule has 2 N–H and O–H groups in total. The molecule has 0 aliphatic carbocycles. The molecule has 0 spiro atoms. The van der Waals surface area contributed by atoms with E-state index in [4.69, 9.17) is 28.9 Å². The van der Waals surface area contributed by atoms with E-state index in [1.807, 2.05) is 13.0 Å². The summed E-state index contributed by atoms with van der Waals surface area (Å²) in [4.78, 5) is 13.9. The highest BCUT2D eigenvalue weighted by atomic mass is 35.5. The summed E-state index contributed by atoms with van der Waals surface area (Å²) in [5.74, 6) is -0.254. The van der Waals surface area contributed by atoms with Gasteiger partial charge in [0.05, 0.1) is 15.7 Å². The molecule has 7 heteroatoms. The van der Waals surface area contributed by atoms with Crippen molar-refractivity contribution in [2.45, 2.75) is 20.0 Å². The monoisotopic (exact) mass is 326 g/mol. The Morgan fingerprint density at radius 1 is 1.43 bits per heavy atom. The van der Waals surface area contributed by atoms with E-state index < -0.39 is 0 Å². The van der Waals surface area contributed by atoms with Gasteiger partial charge in [0.1, 0.15) is 0 Å². The highest BCUT2D eigenvalue weighted by Gasteiger charge is 2.19. The van der Waals surface area contributed by atoms with E-state index >= 15 is 0 Å². The molecular weight excluding hydrogens is 311 g/mol. The topological polar surface area (TPSA) is 64.2 Å². The molecule has 0 fully saturated rings. The second-order valence-electron chi connectivity index (χ2n) is 4.66. The summed E-state index contributed by atoms with van der Waals surface area (Å²) in [6.07, 6.45) is 1.65. The van der Waals surface area contributed by atoms with Gasteiger partial charge in [-0.25, -0.2) is 0 Å². The van der Waals surface area contributed by atoms with Crippen molar-refractivity contribution in [3.05, 3.63) is 45.7 Å². The van der Waals surface area contributed by atoms with Crippen LogP contribution < -0.4 is 5.73 Å². The van der Waals surface area contributed by atoms with Crippen molar-refractivity contribution in [3.8, 4) is 0 Å². The summed E-state index contributed by atoms with van der Waals surface area (Å²) in [5.41, 5.74) is 7.21. The van der Waals surface area contributed by atoms with Crippen molar-refractivity contribution < 1.29 is 4.79 Å². The number of amides is 1. The van der Waals surface area contributed by atoms with Crippen LogP contribution >= 0.6 is 23.2 Å². The standard InChI is InChI=1S/C14H16Cl2N4O/c1-3-20-8-11(17)13(18-20)14(21)19(2)7-9-5-4-6-10(15)12(9)16/h4-6,8H,3,7,17H2,1-2H3. The Kier molecular flexibility index (Phi) is 4.75. The van der Waals surface area contributed by atoms with Crippen molar-refractivity contribution in [1.29, 1.82) is 0 Å². The van der Waals surface area contributed by atoms with Crippen LogP contribution in [-0.2, 0) is 13.1 Å². The molecule has 2 aromatic rings. The maximum atomic E-state index is 12.4. The molecule has 5 nitrogen and oxygen atoms in total. The van der Waals surface area contributed by atoms with Gasteiger partial charge < -0.3 is 10.6 Å². The highest BCUT2D eigenvalue weighted by Crippen LogP contribution is 2.26. The van der Waals surface area contributed by atoms with Crippen LogP contribution in [0, 0.1) is 0 Å². The third-order valence-corrected chi connectivity index (χ3v) is 3.96. The van der Waals surface area contributed by atoms with Crippen molar-refractivity contribution >= 4 is 34.8 Å². The zero-order valence-corrected chi connectivity index (χ0v) is 13.3. The van der Waals surface area contributed by atoms with Crippen molar-refractivity contribution in [2.24, 2.45) is 0 Å². The molecule has 112 valence electrons. The number of benzene rings is 1. The molecule has 0 saturated carbocycles. The van der Waals surface area contributed by atoms with Gasteiger partial charge in [0.2, 0.25) is 0 Å². The van der Waals surface area contributed by atoms with E-state index in [9.17, 15) is 4.79 Å². The maximum absolute atomic E-state index is 12.4. The van der Waals surface area contributed by atoms with Crippen LogP contribution in [-0.4, -0.2) is 27.6 Å². The van der Waals surface area contributed by atoms with Crippen LogP contribution in [0.1, 0.15) is 23.0 Å². The van der Waals surface area contributed by atoms with Gasteiger partial charge in [-0.05, 0) is 18.6 Å². The molecule has 1 aromatic heterocycles. The van der Waals surface area contributed by atoms with E-state index in [2.05, 4.69) is 5.10 Å². The molecule has 21 heavy (non-hydrogen) atoms. The first-order valence-electron chi connectivity index (χ1n) is 6.45. The predicted octanol–water partition coefficient (Wildman–Crippen LogP) is 3.06. The number of hydrogen-bond donors (Lipinski definition) is 1. The van der Waals surface area contributed by atoms with Crippen LogP contribution in [0.15, 0.2) is 24.4 Å². The number of nitrogens with zero attached hydrogens (tertiary/aromatic N) is 3. The minimum Gasteiger partial charge on any atom is -0.396 e. The number of aryl methyl sites for hydroxylation is 1. The lowest BCUT2D eigenvalue weighted by Crippen LogP contribution is -2.27. The second kappa shape index (κ2) is 6.37. The fraction of sp³-hybridized carbons (Fsp3) is 0.286. The van der Waals surface area contributed by atoms with Gasteiger partial charge in [-0.15, -0.1) is 0 Å². The number of nitrogens with two attached hydrogens (primary N) is 1. The van der Waals surface area contributed by atoms with Gasteiger partial charge in [0.15, 0.2) is 5.69 Å². The minimum atomic E-state index is -0.254. The average molecular weight is 327 g/mol. The Morgan fingerprint density at radius 3 is 2.76 bits per heavy atom. The molecule has 1 heterocycles. The first kappa shape index (κ1) is 15.7. The van der Waals surface area contributed by atoms with Gasteiger partial charge in [0, 0.05) is 26.3 Å². The predicted molar refractivity (Wildman–Crippen MR) is 84.6 cm³/mol. The summed E-state index contributed by atoms with van der Waals surface area (Å²) in [7, 11) is 1.67. The Balaban J connectivity index is 2.19. The molecule has 0 bridgehead atoms. The minimum absolute atomic E-state index is 0.248. The number of carbonyl (C=O) groups excluding carboxylic acids is 1. The van der Waals surface area contributed by atoms with Gasteiger partial charge in [-0.3, -0.25) is 9.48 Å². The molecule has 1 aromatic carbocycles. The number of anilines is 1. The quantitative estimate of drug-likeness (QED) is 0.939. The van der Waals surface area contributed by atoms with Gasteiger partial charge in [-0.1, -0.05) is 35.3 Å². The average Bonchev–Trinajstić information content (AvgIpc) is 2.84. The fourth-order valence-corrected chi connectivity index (χ4v) is 2.32. The first-order valence-corrected chi connectivity index (χ1v) is 7.21. The molecule has 0 saturated heterocycles. The lowest BCUT2D eigenvalue weighted by atomic mass is 10.2. The smallest absolute Gasteiger partial charge is 0.276 e. The molecule has 0 aliphatic rings. The molecule has 0 atom stereocenters. The molecule has 0 aliphatic heterocycles. The van der Waals surface area contributed by atoms with Crippen LogP contribution in [0.25, 0.3) is 0 Å². The number of aromatic nitrogens is 2. The van der Waals surface area contributed by atoms with E-state index in [0.717, 1.165) is 5.56 Å². The number of carbonyl (C=O) groups is 1. The SMILES string of the molecule is CCn1cc(N)c(C(=O)N(C)Cc2cccc(Cl)c2Cl)n1. The number of nitrogen functional groups attached to an aromatic ring is 1. The van der Waals surface area contributed by atoms with Crippen LogP contribution in [0.4, 0.5) is 5.69 Å². The Bertz CT molecular complexity index is 669. The second-order valence-corrected chi connectivity index (χ2v) is 5.45. The Morgan fingerprint density at radius 2 is 2.14 bits per heavy atom. The normalized spacial score (nSPS) is 10.7. The maximum Gasteiger partial charge on any atom is 0.276 e. The first-order chi connectivity index (χ1) is 9.93. The lowest BCUT2D eigenvalue weighted by Gasteiger charge is -2.17. The van der Waals surface area contributed by atoms with Crippen molar-refractivity contribution in [1.82, 2.24) is 14.7 Å². The summed E-state index contributed by atoms with van der Waals surface area (Å²) >= 11 is 12.1. The van der Waals surface area contributed by atoms with Crippen LogP contribution in [0.2, 0.25) is 10.0 Å². The largest absolute Gasteiger partial charge is 0.396 e. The third-order valence-electron chi connectivity index (χ3n) is 3.10. The van der Waals surface area contributed by atoms with Crippen molar-refractivity contribution in [3.63, 3.8) is 0 Å². The van der Waals surface area contributed by atoms with Crippen LogP contribution in [0.5, 0.6) is 0 Å². The molecule has 0 radical (unpaired) electrons. The van der Waals surface area contributed by atoms with Gasteiger partial charge >= 0.3 is 0 Å². The zero-order valence-electron chi connectivity index (χ0n) is 11.8. The van der Waals surface area contributed by atoms with E-state index in [-0.39, 0.29) is 11.6 Å². The molecule has 2 rings (SSSR count). The highest BCUT2D eigenvalue weighted by molar-refractivity contribution is 6.42. The van der Waals surface area contributed by atoms with Gasteiger partial charge in [-0.2, -0.15) is 5.10 Å². The number of rotatable bonds is 4. The zero-order chi connectivity index (χ0) is 15.6. The Labute approximate surface area is 133 Å². The van der Waals surface area contributed by atoms with Gasteiger partial charge in [0.25, 0.3) is 5.91 Å². The summed E-state index contributed by atoms with van der Waals surface area (Å²) in [6.45, 7) is 2.91. The van der Waals surface area contributed by atoms with E-state index in [1.54, 1.807) is 30.1 Å². The molecule has 0 unspecified atom stereocenters. The fourth-order valence-electron chi connectivity index (χ4n) is 1.94.